The number of nitrogens with zero attached hydrogens (tertiary/aromatic N) is 2. The molecule has 1 amide bonds. The SMILES string of the molecule is COc1cc(OC)c(OC)cc1/C=C/C(=O)OCC(=O)N(CCC#N)c1cc(C)cc(C)c1. The van der Waals surface area contributed by atoms with Gasteiger partial charge < -0.3 is 23.8 Å². The maximum Gasteiger partial charge on any atom is 0.331 e. The Labute approximate surface area is 193 Å². The van der Waals surface area contributed by atoms with Gasteiger partial charge in [-0.2, -0.15) is 5.26 Å². The van der Waals surface area contributed by atoms with Crippen LogP contribution < -0.4 is 19.1 Å². The molecule has 0 aliphatic heterocycles. The second kappa shape index (κ2) is 12.2. The Bertz CT molecular complexity index is 1050. The summed E-state index contributed by atoms with van der Waals surface area (Å²) in [6, 6.07) is 11.0. The van der Waals surface area contributed by atoms with E-state index in [2.05, 4.69) is 0 Å². The zero-order valence-electron chi connectivity index (χ0n) is 19.5. The maximum absolute atomic E-state index is 12.8. The number of benzene rings is 2. The van der Waals surface area contributed by atoms with Gasteiger partial charge in [0, 0.05) is 29.9 Å². The number of aryl methyl sites for hydroxylation is 2. The molecule has 2 aromatic rings. The summed E-state index contributed by atoms with van der Waals surface area (Å²) >= 11 is 0. The molecule has 0 spiro atoms. The van der Waals surface area contributed by atoms with Crippen molar-refractivity contribution < 1.29 is 28.5 Å². The minimum absolute atomic E-state index is 0.158. The van der Waals surface area contributed by atoms with E-state index in [4.69, 9.17) is 24.2 Å². The Hall–Kier alpha value is -3.99. The van der Waals surface area contributed by atoms with Gasteiger partial charge in [-0.1, -0.05) is 6.07 Å². The van der Waals surface area contributed by atoms with Crippen LogP contribution in [0.2, 0.25) is 0 Å². The van der Waals surface area contributed by atoms with Gasteiger partial charge in [0.2, 0.25) is 0 Å². The number of hydrogen-bond acceptors (Lipinski definition) is 7. The summed E-state index contributed by atoms with van der Waals surface area (Å²) in [5.41, 5.74) is 3.21. The van der Waals surface area contributed by atoms with Crippen LogP contribution in [0, 0.1) is 25.2 Å². The zero-order valence-corrected chi connectivity index (χ0v) is 19.5. The summed E-state index contributed by atoms with van der Waals surface area (Å²) in [6.07, 6.45) is 2.87. The molecular weight excluding hydrogens is 424 g/mol. The van der Waals surface area contributed by atoms with Crippen molar-refractivity contribution in [1.82, 2.24) is 0 Å². The minimum Gasteiger partial charge on any atom is -0.496 e. The summed E-state index contributed by atoms with van der Waals surface area (Å²) < 4.78 is 21.0. The summed E-state index contributed by atoms with van der Waals surface area (Å²) in [5.74, 6) is 0.332. The summed E-state index contributed by atoms with van der Waals surface area (Å²) in [5, 5.41) is 8.95. The monoisotopic (exact) mass is 452 g/mol. The first-order valence-corrected chi connectivity index (χ1v) is 10.2. The van der Waals surface area contributed by atoms with E-state index >= 15 is 0 Å². The number of ether oxygens (including phenoxy) is 4. The maximum atomic E-state index is 12.8. The number of esters is 1. The van der Waals surface area contributed by atoms with Crippen LogP contribution in [-0.2, 0) is 14.3 Å². The number of rotatable bonds is 10. The fourth-order valence-corrected chi connectivity index (χ4v) is 3.27. The summed E-state index contributed by atoms with van der Waals surface area (Å²) in [4.78, 5) is 26.5. The number of hydrogen-bond donors (Lipinski definition) is 0. The minimum atomic E-state index is -0.694. The van der Waals surface area contributed by atoms with E-state index in [-0.39, 0.29) is 13.0 Å². The Kier molecular flexibility index (Phi) is 9.30. The lowest BCUT2D eigenvalue weighted by Crippen LogP contribution is -2.35. The third-order valence-electron chi connectivity index (χ3n) is 4.74. The lowest BCUT2D eigenvalue weighted by molar-refractivity contribution is -0.142. The zero-order chi connectivity index (χ0) is 24.4. The van der Waals surface area contributed by atoms with Gasteiger partial charge in [-0.25, -0.2) is 4.79 Å². The van der Waals surface area contributed by atoms with Crippen molar-refractivity contribution in [3.05, 3.63) is 53.1 Å². The number of amides is 1. The quantitative estimate of drug-likeness (QED) is 0.399. The average Bonchev–Trinajstić information content (AvgIpc) is 2.80. The van der Waals surface area contributed by atoms with Gasteiger partial charge >= 0.3 is 5.97 Å². The Morgan fingerprint density at radius 3 is 2.12 bits per heavy atom. The van der Waals surface area contributed by atoms with Crippen LogP contribution >= 0.6 is 0 Å². The number of carbonyl (C=O) groups excluding carboxylic acids is 2. The number of anilines is 1. The van der Waals surface area contributed by atoms with Crippen molar-refractivity contribution in [2.24, 2.45) is 0 Å². The van der Waals surface area contributed by atoms with Gasteiger partial charge in [0.1, 0.15) is 5.75 Å². The second-order valence-corrected chi connectivity index (χ2v) is 7.19. The van der Waals surface area contributed by atoms with Crippen LogP contribution in [0.25, 0.3) is 6.08 Å². The Balaban J connectivity index is 2.11. The number of carbonyl (C=O) groups is 2. The highest BCUT2D eigenvalue weighted by Gasteiger charge is 2.18. The highest BCUT2D eigenvalue weighted by atomic mass is 16.5. The summed E-state index contributed by atoms with van der Waals surface area (Å²) in [6.45, 7) is 3.60. The topological polar surface area (TPSA) is 98.1 Å². The van der Waals surface area contributed by atoms with Gasteiger partial charge in [0.15, 0.2) is 18.1 Å². The molecule has 0 saturated heterocycles. The Morgan fingerprint density at radius 2 is 1.55 bits per heavy atom. The van der Waals surface area contributed by atoms with Gasteiger partial charge in [0.25, 0.3) is 5.91 Å². The lowest BCUT2D eigenvalue weighted by Gasteiger charge is -2.22. The molecule has 0 aromatic heterocycles. The van der Waals surface area contributed by atoms with Crippen molar-refractivity contribution in [2.75, 3.05) is 39.4 Å². The van der Waals surface area contributed by atoms with Crippen molar-refractivity contribution in [3.63, 3.8) is 0 Å². The van der Waals surface area contributed by atoms with Crippen molar-refractivity contribution in [3.8, 4) is 23.3 Å². The van der Waals surface area contributed by atoms with Crippen molar-refractivity contribution in [1.29, 1.82) is 5.26 Å². The van der Waals surface area contributed by atoms with E-state index in [1.165, 1.54) is 38.4 Å². The molecule has 0 fully saturated rings. The van der Waals surface area contributed by atoms with Crippen LogP contribution in [-0.4, -0.2) is 46.4 Å². The highest BCUT2D eigenvalue weighted by molar-refractivity contribution is 5.96. The van der Waals surface area contributed by atoms with Crippen LogP contribution in [0.1, 0.15) is 23.1 Å². The van der Waals surface area contributed by atoms with Crippen molar-refractivity contribution in [2.45, 2.75) is 20.3 Å². The predicted molar refractivity (Wildman–Crippen MR) is 125 cm³/mol. The van der Waals surface area contributed by atoms with Gasteiger partial charge in [-0.3, -0.25) is 4.79 Å². The number of nitriles is 1. The van der Waals surface area contributed by atoms with Crippen LogP contribution in [0.15, 0.2) is 36.4 Å². The van der Waals surface area contributed by atoms with Crippen LogP contribution in [0.5, 0.6) is 17.2 Å². The van der Waals surface area contributed by atoms with E-state index in [0.29, 0.717) is 28.5 Å². The molecule has 0 heterocycles. The standard InChI is InChI=1S/C25H28N2O6/c1-17-11-18(2)13-20(12-17)27(10-6-9-26)24(28)16-33-25(29)8-7-19-14-22(31-4)23(32-5)15-21(19)30-3/h7-8,11-15H,6,10,16H2,1-5H3/b8-7+. The molecule has 0 saturated carbocycles. The first-order valence-electron chi connectivity index (χ1n) is 10.2. The average molecular weight is 453 g/mol. The molecule has 2 rings (SSSR count). The largest absolute Gasteiger partial charge is 0.496 e. The molecule has 0 aliphatic carbocycles. The molecule has 174 valence electrons. The van der Waals surface area contributed by atoms with Gasteiger partial charge in [-0.05, 0) is 49.2 Å². The normalized spacial score (nSPS) is 10.4. The first kappa shape index (κ1) is 25.3. The van der Waals surface area contributed by atoms with Crippen LogP contribution in [0.3, 0.4) is 0 Å². The van der Waals surface area contributed by atoms with Gasteiger partial charge in [0.05, 0.1) is 33.8 Å². The first-order chi connectivity index (χ1) is 15.8. The molecule has 2 aromatic carbocycles. The van der Waals surface area contributed by atoms with Crippen molar-refractivity contribution >= 4 is 23.6 Å². The molecule has 8 nitrogen and oxygen atoms in total. The van der Waals surface area contributed by atoms with E-state index in [0.717, 1.165) is 11.1 Å². The lowest BCUT2D eigenvalue weighted by atomic mass is 10.1. The molecule has 33 heavy (non-hydrogen) atoms. The fraction of sp³-hybridized carbons (Fsp3) is 0.320. The fourth-order valence-electron chi connectivity index (χ4n) is 3.27. The third-order valence-corrected chi connectivity index (χ3v) is 4.74. The molecule has 0 bridgehead atoms. The number of methoxy groups -OCH3 is 3. The summed E-state index contributed by atoms with van der Waals surface area (Å²) in [7, 11) is 4.52. The molecular formula is C25H28N2O6. The molecule has 0 radical (unpaired) electrons. The van der Waals surface area contributed by atoms with Gasteiger partial charge in [-0.15, -0.1) is 0 Å². The molecule has 0 unspecified atom stereocenters. The predicted octanol–water partition coefficient (Wildman–Crippen LogP) is 3.83. The smallest absolute Gasteiger partial charge is 0.331 e. The van der Waals surface area contributed by atoms with E-state index < -0.39 is 18.5 Å². The van der Waals surface area contributed by atoms with E-state index in [9.17, 15) is 9.59 Å². The molecule has 0 aliphatic rings. The highest BCUT2D eigenvalue weighted by Crippen LogP contribution is 2.35. The van der Waals surface area contributed by atoms with Crippen LogP contribution in [0.4, 0.5) is 5.69 Å². The van der Waals surface area contributed by atoms with E-state index in [1.54, 1.807) is 12.1 Å². The molecule has 0 atom stereocenters. The Morgan fingerprint density at radius 1 is 0.939 bits per heavy atom. The third kappa shape index (κ3) is 7.01. The second-order valence-electron chi connectivity index (χ2n) is 7.19. The molecule has 0 N–H and O–H groups in total. The van der Waals surface area contributed by atoms with E-state index in [1.807, 2.05) is 38.1 Å². The molecule has 8 heteroatoms.